The molecule has 0 heterocycles. The molecule has 27 heavy (non-hydrogen) atoms. The Kier molecular flexibility index (Phi) is 8.16. The quantitative estimate of drug-likeness (QED) is 0.437. The summed E-state index contributed by atoms with van der Waals surface area (Å²) in [6.07, 6.45) is 0. The number of carbonyl (C=O) groups is 1. The predicted molar refractivity (Wildman–Crippen MR) is 112 cm³/mol. The van der Waals surface area contributed by atoms with Crippen molar-refractivity contribution in [3.8, 4) is 0 Å². The molecule has 1 atom stereocenters. The van der Waals surface area contributed by atoms with Gasteiger partial charge in [0.2, 0.25) is 0 Å². The van der Waals surface area contributed by atoms with E-state index in [-0.39, 0.29) is 12.6 Å². The van der Waals surface area contributed by atoms with Gasteiger partial charge in [0.1, 0.15) is 5.25 Å². The molecule has 0 saturated heterocycles. The summed E-state index contributed by atoms with van der Waals surface area (Å²) in [5.74, 6) is -0.345. The Morgan fingerprint density at radius 1 is 1.30 bits per heavy atom. The molecule has 0 aliphatic rings. The van der Waals surface area contributed by atoms with Crippen molar-refractivity contribution in [3.63, 3.8) is 0 Å². The van der Waals surface area contributed by atoms with Crippen LogP contribution in [0.1, 0.15) is 23.3 Å². The Morgan fingerprint density at radius 3 is 2.59 bits per heavy atom. The summed E-state index contributed by atoms with van der Waals surface area (Å²) in [5, 5.41) is 10.2. The third kappa shape index (κ3) is 5.73. The first-order valence-corrected chi connectivity index (χ1v) is 9.74. The highest BCUT2D eigenvalue weighted by Crippen LogP contribution is 2.34. The topological polar surface area (TPSA) is 62.1 Å². The van der Waals surface area contributed by atoms with Crippen LogP contribution in [0, 0.1) is 0 Å². The number of rotatable bonds is 6. The minimum atomic E-state index is -0.547. The maximum Gasteiger partial charge on any atom is 0.323 e. The molecule has 2 aromatic rings. The van der Waals surface area contributed by atoms with E-state index >= 15 is 0 Å². The molecular weight excluding hydrogens is 384 g/mol. The van der Waals surface area contributed by atoms with Gasteiger partial charge >= 0.3 is 5.97 Å². The highest BCUT2D eigenvalue weighted by molar-refractivity contribution is 8.14. The predicted octanol–water partition coefficient (Wildman–Crippen LogP) is 4.42. The molecule has 0 saturated carbocycles. The fraction of sp³-hybridized carbons (Fsp3) is 0.300. The molecule has 7 heteroatoms. The van der Waals surface area contributed by atoms with Crippen molar-refractivity contribution in [2.45, 2.75) is 18.8 Å². The van der Waals surface area contributed by atoms with Crippen molar-refractivity contribution in [2.24, 2.45) is 4.99 Å². The molecule has 0 spiro atoms. The van der Waals surface area contributed by atoms with Gasteiger partial charge in [-0.05, 0) is 30.7 Å². The molecule has 144 valence electrons. The van der Waals surface area contributed by atoms with Gasteiger partial charge in [0.05, 0.1) is 19.4 Å². The second-order valence-electron chi connectivity index (χ2n) is 5.77. The average molecular weight is 407 g/mol. The summed E-state index contributed by atoms with van der Waals surface area (Å²) < 4.78 is 5.00. The van der Waals surface area contributed by atoms with Crippen molar-refractivity contribution in [1.82, 2.24) is 4.90 Å². The fourth-order valence-electron chi connectivity index (χ4n) is 2.32. The first kappa shape index (κ1) is 21.3. The SMILES string of the molecule is CCN(C)C(=Nc1ccc(Cl)cc1CO)SC(C(=O)OC)c1ccccc1. The Morgan fingerprint density at radius 2 is 2.00 bits per heavy atom. The lowest BCUT2D eigenvalue weighted by Crippen LogP contribution is -2.26. The Balaban J connectivity index is 2.45. The van der Waals surface area contributed by atoms with Crippen LogP contribution in [0.25, 0.3) is 0 Å². The zero-order chi connectivity index (χ0) is 19.8. The molecule has 5 nitrogen and oxygen atoms in total. The number of carbonyl (C=O) groups excluding carboxylic acids is 1. The minimum absolute atomic E-state index is 0.174. The van der Waals surface area contributed by atoms with Gasteiger partial charge in [-0.2, -0.15) is 0 Å². The maximum atomic E-state index is 12.4. The number of aliphatic hydroxyl groups is 1. The van der Waals surface area contributed by atoms with Crippen LogP contribution >= 0.6 is 23.4 Å². The van der Waals surface area contributed by atoms with Crippen molar-refractivity contribution in [3.05, 3.63) is 64.7 Å². The molecule has 2 rings (SSSR count). The Bertz CT molecular complexity index is 799. The number of hydrogen-bond donors (Lipinski definition) is 1. The standard InChI is InChI=1S/C20H23ClN2O3S/c1-4-23(2)20(22-17-11-10-16(21)12-15(17)13-24)27-18(19(25)26-3)14-8-6-5-7-9-14/h5-12,18,24H,4,13H2,1-3H3. The second kappa shape index (κ2) is 10.3. The van der Waals surface area contributed by atoms with E-state index in [1.807, 2.05) is 49.2 Å². The third-order valence-corrected chi connectivity index (χ3v) is 5.52. The van der Waals surface area contributed by atoms with Crippen molar-refractivity contribution in [2.75, 3.05) is 20.7 Å². The van der Waals surface area contributed by atoms with E-state index in [9.17, 15) is 9.90 Å². The fourth-order valence-corrected chi connectivity index (χ4v) is 3.67. The summed E-state index contributed by atoms with van der Waals surface area (Å²) in [6.45, 7) is 2.53. The summed E-state index contributed by atoms with van der Waals surface area (Å²) in [5.41, 5.74) is 2.07. The van der Waals surface area contributed by atoms with E-state index < -0.39 is 5.25 Å². The minimum Gasteiger partial charge on any atom is -0.468 e. The van der Waals surface area contributed by atoms with Gasteiger partial charge in [0.15, 0.2) is 5.17 Å². The average Bonchev–Trinajstić information content (AvgIpc) is 2.71. The molecule has 0 aromatic heterocycles. The third-order valence-electron chi connectivity index (χ3n) is 3.97. The maximum absolute atomic E-state index is 12.4. The van der Waals surface area contributed by atoms with E-state index in [0.717, 1.165) is 5.56 Å². The van der Waals surface area contributed by atoms with Crippen LogP contribution in [-0.4, -0.2) is 41.8 Å². The number of aliphatic imine (C=N–C) groups is 1. The number of ether oxygens (including phenoxy) is 1. The van der Waals surface area contributed by atoms with Crippen molar-refractivity contribution in [1.29, 1.82) is 0 Å². The number of halogens is 1. The molecule has 0 aliphatic carbocycles. The van der Waals surface area contributed by atoms with Crippen LogP contribution in [0.2, 0.25) is 5.02 Å². The number of thioether (sulfide) groups is 1. The van der Waals surface area contributed by atoms with E-state index in [1.54, 1.807) is 18.2 Å². The molecule has 2 aromatic carbocycles. The monoisotopic (exact) mass is 406 g/mol. The highest BCUT2D eigenvalue weighted by atomic mass is 35.5. The number of esters is 1. The van der Waals surface area contributed by atoms with E-state index in [4.69, 9.17) is 21.3 Å². The Labute approximate surface area is 169 Å². The van der Waals surface area contributed by atoms with Crippen molar-refractivity contribution >= 4 is 40.2 Å². The number of benzene rings is 2. The van der Waals surface area contributed by atoms with Gasteiger partial charge in [-0.1, -0.05) is 53.7 Å². The molecule has 0 amide bonds. The summed E-state index contributed by atoms with van der Waals surface area (Å²) >= 11 is 7.32. The lowest BCUT2D eigenvalue weighted by Gasteiger charge is -2.23. The molecule has 0 radical (unpaired) electrons. The van der Waals surface area contributed by atoms with E-state index in [0.29, 0.717) is 28.0 Å². The molecule has 0 fully saturated rings. The molecule has 1 unspecified atom stereocenters. The zero-order valence-electron chi connectivity index (χ0n) is 15.6. The van der Waals surface area contributed by atoms with Crippen LogP contribution in [0.5, 0.6) is 0 Å². The normalized spacial score (nSPS) is 12.6. The highest BCUT2D eigenvalue weighted by Gasteiger charge is 2.26. The first-order valence-electron chi connectivity index (χ1n) is 8.48. The number of methoxy groups -OCH3 is 1. The van der Waals surface area contributed by atoms with Gasteiger partial charge in [0.25, 0.3) is 0 Å². The number of aliphatic hydroxyl groups excluding tert-OH is 1. The summed E-state index contributed by atoms with van der Waals surface area (Å²) in [4.78, 5) is 19.1. The van der Waals surface area contributed by atoms with E-state index in [2.05, 4.69) is 0 Å². The summed E-state index contributed by atoms with van der Waals surface area (Å²) in [7, 11) is 3.28. The molecule has 0 aliphatic heterocycles. The Hall–Kier alpha value is -2.02. The summed E-state index contributed by atoms with van der Waals surface area (Å²) in [6, 6.07) is 14.6. The lowest BCUT2D eigenvalue weighted by atomic mass is 10.1. The number of amidine groups is 1. The second-order valence-corrected chi connectivity index (χ2v) is 7.28. The largest absolute Gasteiger partial charge is 0.468 e. The van der Waals surface area contributed by atoms with Gasteiger partial charge in [-0.25, -0.2) is 4.99 Å². The van der Waals surface area contributed by atoms with Gasteiger partial charge in [0, 0.05) is 24.2 Å². The van der Waals surface area contributed by atoms with Crippen LogP contribution in [0.4, 0.5) is 5.69 Å². The van der Waals surface area contributed by atoms with Crippen LogP contribution in [0.3, 0.4) is 0 Å². The van der Waals surface area contributed by atoms with Crippen LogP contribution in [0.15, 0.2) is 53.5 Å². The smallest absolute Gasteiger partial charge is 0.323 e. The van der Waals surface area contributed by atoms with Gasteiger partial charge in [-0.3, -0.25) is 4.79 Å². The van der Waals surface area contributed by atoms with Crippen LogP contribution in [-0.2, 0) is 16.1 Å². The van der Waals surface area contributed by atoms with Gasteiger partial charge < -0.3 is 14.7 Å². The molecule has 0 bridgehead atoms. The number of nitrogens with zero attached hydrogens (tertiary/aromatic N) is 2. The first-order chi connectivity index (χ1) is 13.0. The molecule has 1 N–H and O–H groups in total. The number of hydrogen-bond acceptors (Lipinski definition) is 5. The van der Waals surface area contributed by atoms with Crippen molar-refractivity contribution < 1.29 is 14.6 Å². The van der Waals surface area contributed by atoms with Crippen LogP contribution < -0.4 is 0 Å². The van der Waals surface area contributed by atoms with E-state index in [1.165, 1.54) is 18.9 Å². The lowest BCUT2D eigenvalue weighted by molar-refractivity contribution is -0.140. The zero-order valence-corrected chi connectivity index (χ0v) is 17.1. The molecular formula is C20H23ClN2O3S. The van der Waals surface area contributed by atoms with Gasteiger partial charge in [-0.15, -0.1) is 0 Å².